The number of aromatic amines is 1. The topological polar surface area (TPSA) is 41.8 Å². The van der Waals surface area contributed by atoms with E-state index in [0.717, 1.165) is 10.9 Å². The molecule has 0 aliphatic heterocycles. The lowest BCUT2D eigenvalue weighted by Crippen LogP contribution is -2.03. The Morgan fingerprint density at radius 2 is 2.21 bits per heavy atom. The number of benzene rings is 1. The summed E-state index contributed by atoms with van der Waals surface area (Å²) in [7, 11) is 0. The third kappa shape index (κ3) is 1.51. The zero-order chi connectivity index (χ0) is 9.97. The van der Waals surface area contributed by atoms with E-state index in [4.69, 9.17) is 5.73 Å². The molecule has 0 amide bonds. The molecule has 0 saturated carbocycles. The molecule has 0 bridgehead atoms. The van der Waals surface area contributed by atoms with E-state index in [2.05, 4.69) is 4.98 Å². The minimum absolute atomic E-state index is 0.373. The van der Waals surface area contributed by atoms with Gasteiger partial charge in [0.05, 0.1) is 5.52 Å². The highest BCUT2D eigenvalue weighted by atomic mass is 19.1. The number of nitrogens with one attached hydrogen (secondary N) is 1. The second-order valence-corrected chi connectivity index (χ2v) is 3.33. The van der Waals surface area contributed by atoms with Crippen molar-refractivity contribution in [2.45, 2.75) is 12.6 Å². The lowest BCUT2D eigenvalue weighted by atomic mass is 10.1. The number of hydrogen-bond donors (Lipinski definition) is 2. The van der Waals surface area contributed by atoms with E-state index in [1.165, 1.54) is 0 Å². The van der Waals surface area contributed by atoms with Gasteiger partial charge in [-0.25, -0.2) is 4.39 Å². The lowest BCUT2D eigenvalue weighted by molar-refractivity contribution is 0.329. The summed E-state index contributed by atoms with van der Waals surface area (Å²) >= 11 is 0. The van der Waals surface area contributed by atoms with E-state index in [-0.39, 0.29) is 0 Å². The molecule has 1 heterocycles. The molecule has 14 heavy (non-hydrogen) atoms. The zero-order valence-electron chi connectivity index (χ0n) is 7.83. The SMILES string of the molecule is NCCC(F)c1cccc2cc[nH]c12. The molecule has 0 spiro atoms. The Balaban J connectivity index is 2.45. The third-order valence-electron chi connectivity index (χ3n) is 2.38. The summed E-state index contributed by atoms with van der Waals surface area (Å²) in [6, 6.07) is 7.58. The van der Waals surface area contributed by atoms with Crippen LogP contribution in [0.1, 0.15) is 18.2 Å². The summed E-state index contributed by atoms with van der Waals surface area (Å²) in [5, 5.41) is 1.04. The molecule has 0 saturated heterocycles. The van der Waals surface area contributed by atoms with Crippen molar-refractivity contribution < 1.29 is 4.39 Å². The fourth-order valence-electron chi connectivity index (χ4n) is 1.67. The maximum Gasteiger partial charge on any atom is 0.128 e. The van der Waals surface area contributed by atoms with Crippen LogP contribution in [-0.4, -0.2) is 11.5 Å². The highest BCUT2D eigenvalue weighted by molar-refractivity contribution is 5.82. The van der Waals surface area contributed by atoms with Crippen molar-refractivity contribution >= 4 is 10.9 Å². The quantitative estimate of drug-likeness (QED) is 0.770. The van der Waals surface area contributed by atoms with Crippen LogP contribution >= 0.6 is 0 Å². The van der Waals surface area contributed by atoms with Crippen LogP contribution in [-0.2, 0) is 0 Å². The minimum Gasteiger partial charge on any atom is -0.361 e. The van der Waals surface area contributed by atoms with Crippen LogP contribution in [0, 0.1) is 0 Å². The van der Waals surface area contributed by atoms with Gasteiger partial charge in [0.15, 0.2) is 0 Å². The molecule has 3 N–H and O–H groups in total. The fraction of sp³-hybridized carbons (Fsp3) is 0.273. The Kier molecular flexibility index (Phi) is 2.50. The summed E-state index contributed by atoms with van der Waals surface area (Å²) < 4.78 is 13.6. The number of aromatic nitrogens is 1. The van der Waals surface area contributed by atoms with Gasteiger partial charge in [-0.2, -0.15) is 0 Å². The van der Waals surface area contributed by atoms with Gasteiger partial charge in [-0.15, -0.1) is 0 Å². The van der Waals surface area contributed by atoms with Crippen molar-refractivity contribution in [2.24, 2.45) is 5.73 Å². The van der Waals surface area contributed by atoms with Crippen LogP contribution < -0.4 is 5.73 Å². The first-order chi connectivity index (χ1) is 6.83. The Bertz CT molecular complexity index is 422. The zero-order valence-corrected chi connectivity index (χ0v) is 7.83. The molecule has 1 atom stereocenters. The molecule has 0 aliphatic rings. The van der Waals surface area contributed by atoms with Gasteiger partial charge in [0.1, 0.15) is 6.17 Å². The number of rotatable bonds is 3. The molecular weight excluding hydrogens is 179 g/mol. The predicted octanol–water partition coefficient (Wildman–Crippen LogP) is 2.53. The molecular formula is C11H13FN2. The Morgan fingerprint density at radius 3 is 3.00 bits per heavy atom. The fourth-order valence-corrected chi connectivity index (χ4v) is 1.67. The summed E-state index contributed by atoms with van der Waals surface area (Å²) in [5.41, 5.74) is 6.93. The molecule has 74 valence electrons. The third-order valence-corrected chi connectivity index (χ3v) is 2.38. The number of nitrogens with two attached hydrogens (primary N) is 1. The summed E-state index contributed by atoms with van der Waals surface area (Å²) in [4.78, 5) is 3.05. The first-order valence-electron chi connectivity index (χ1n) is 4.73. The molecule has 1 aromatic carbocycles. The van der Waals surface area contributed by atoms with Gasteiger partial charge in [-0.1, -0.05) is 18.2 Å². The average molecular weight is 192 g/mol. The highest BCUT2D eigenvalue weighted by Crippen LogP contribution is 2.27. The normalized spacial score (nSPS) is 13.3. The smallest absolute Gasteiger partial charge is 0.128 e. The Labute approximate surface area is 81.9 Å². The van der Waals surface area contributed by atoms with Crippen LogP contribution in [0.25, 0.3) is 10.9 Å². The van der Waals surface area contributed by atoms with E-state index < -0.39 is 6.17 Å². The van der Waals surface area contributed by atoms with Gasteiger partial charge in [0.2, 0.25) is 0 Å². The molecule has 3 heteroatoms. The van der Waals surface area contributed by atoms with E-state index in [1.807, 2.05) is 24.4 Å². The highest BCUT2D eigenvalue weighted by Gasteiger charge is 2.12. The molecule has 2 rings (SSSR count). The molecule has 2 nitrogen and oxygen atoms in total. The number of para-hydroxylation sites is 1. The number of H-pyrrole nitrogens is 1. The van der Waals surface area contributed by atoms with E-state index in [9.17, 15) is 4.39 Å². The summed E-state index contributed by atoms with van der Waals surface area (Å²) in [6.45, 7) is 0.373. The lowest BCUT2D eigenvalue weighted by Gasteiger charge is -2.07. The first-order valence-corrected chi connectivity index (χ1v) is 4.73. The van der Waals surface area contributed by atoms with Gasteiger partial charge in [0.25, 0.3) is 0 Å². The monoisotopic (exact) mass is 192 g/mol. The van der Waals surface area contributed by atoms with Crippen LogP contribution in [0.2, 0.25) is 0 Å². The van der Waals surface area contributed by atoms with Gasteiger partial charge in [-0.3, -0.25) is 0 Å². The average Bonchev–Trinajstić information content (AvgIpc) is 2.65. The van der Waals surface area contributed by atoms with Crippen molar-refractivity contribution in [1.82, 2.24) is 4.98 Å². The van der Waals surface area contributed by atoms with Crippen molar-refractivity contribution in [3.63, 3.8) is 0 Å². The van der Waals surface area contributed by atoms with Crippen molar-refractivity contribution in [2.75, 3.05) is 6.54 Å². The summed E-state index contributed by atoms with van der Waals surface area (Å²) in [5.74, 6) is 0. The largest absolute Gasteiger partial charge is 0.361 e. The van der Waals surface area contributed by atoms with Gasteiger partial charge >= 0.3 is 0 Å². The number of fused-ring (bicyclic) bond motifs is 1. The van der Waals surface area contributed by atoms with Gasteiger partial charge < -0.3 is 10.7 Å². The molecule has 2 aromatic rings. The minimum atomic E-state index is -0.970. The second kappa shape index (κ2) is 3.80. The van der Waals surface area contributed by atoms with E-state index in [1.54, 1.807) is 6.07 Å². The molecule has 0 radical (unpaired) electrons. The van der Waals surface area contributed by atoms with E-state index >= 15 is 0 Å². The van der Waals surface area contributed by atoms with Crippen LogP contribution in [0.5, 0.6) is 0 Å². The maximum atomic E-state index is 13.6. The van der Waals surface area contributed by atoms with Crippen LogP contribution in [0.4, 0.5) is 4.39 Å². The Morgan fingerprint density at radius 1 is 1.36 bits per heavy atom. The van der Waals surface area contributed by atoms with Crippen LogP contribution in [0.3, 0.4) is 0 Å². The molecule has 1 aromatic heterocycles. The van der Waals surface area contributed by atoms with E-state index in [0.29, 0.717) is 18.5 Å². The number of alkyl halides is 1. The van der Waals surface area contributed by atoms with Crippen molar-refractivity contribution in [3.8, 4) is 0 Å². The molecule has 1 unspecified atom stereocenters. The molecule has 0 aliphatic carbocycles. The van der Waals surface area contributed by atoms with Crippen LogP contribution in [0.15, 0.2) is 30.5 Å². The molecule has 0 fully saturated rings. The van der Waals surface area contributed by atoms with Crippen molar-refractivity contribution in [3.05, 3.63) is 36.0 Å². The number of hydrogen-bond acceptors (Lipinski definition) is 1. The number of halogens is 1. The summed E-state index contributed by atoms with van der Waals surface area (Å²) in [6.07, 6.45) is 1.23. The second-order valence-electron chi connectivity index (χ2n) is 3.33. The van der Waals surface area contributed by atoms with Gasteiger partial charge in [-0.05, 0) is 24.4 Å². The predicted molar refractivity (Wildman–Crippen MR) is 55.8 cm³/mol. The van der Waals surface area contributed by atoms with Crippen molar-refractivity contribution in [1.29, 1.82) is 0 Å². The first kappa shape index (κ1) is 9.21. The standard InChI is InChI=1S/C11H13FN2/c12-10(4-6-13)9-3-1-2-8-5-7-14-11(8)9/h1-3,5,7,10,14H,4,6,13H2. The maximum absolute atomic E-state index is 13.6. The van der Waals surface area contributed by atoms with Gasteiger partial charge in [0, 0.05) is 11.8 Å². The Hall–Kier alpha value is -1.35.